The number of amides is 1. The van der Waals surface area contributed by atoms with Gasteiger partial charge in [0, 0.05) is 43.7 Å². The molecule has 3 rings (SSSR count). The van der Waals surface area contributed by atoms with E-state index >= 15 is 0 Å². The van der Waals surface area contributed by atoms with Crippen LogP contribution in [-0.4, -0.2) is 60.1 Å². The molecule has 1 aliphatic heterocycles. The molecule has 5 nitrogen and oxygen atoms in total. The highest BCUT2D eigenvalue weighted by Gasteiger charge is 2.15. The monoisotopic (exact) mass is 397 g/mol. The Labute approximate surface area is 171 Å². The van der Waals surface area contributed by atoms with Gasteiger partial charge in [-0.05, 0) is 11.6 Å². The Kier molecular flexibility index (Phi) is 7.54. The number of rotatable bonds is 9. The minimum atomic E-state index is 0.0396. The smallest absolute Gasteiger partial charge is 0.229 e. The van der Waals surface area contributed by atoms with Crippen molar-refractivity contribution in [2.75, 3.05) is 39.4 Å². The summed E-state index contributed by atoms with van der Waals surface area (Å²) in [5.74, 6) is 0.0396. The first-order valence-electron chi connectivity index (χ1n) is 9.53. The summed E-state index contributed by atoms with van der Waals surface area (Å²) in [6.07, 6.45) is 3.76. The third kappa shape index (κ3) is 5.61. The van der Waals surface area contributed by atoms with Crippen molar-refractivity contribution < 1.29 is 9.53 Å². The number of carbonyl (C=O) groups excluding carboxylic acids is 1. The highest BCUT2D eigenvalue weighted by molar-refractivity contribution is 7.13. The van der Waals surface area contributed by atoms with Gasteiger partial charge in [0.1, 0.15) is 5.01 Å². The van der Waals surface area contributed by atoms with Gasteiger partial charge < -0.3 is 9.64 Å². The lowest BCUT2D eigenvalue weighted by molar-refractivity contribution is -0.129. The van der Waals surface area contributed by atoms with Crippen LogP contribution in [0.25, 0.3) is 10.6 Å². The van der Waals surface area contributed by atoms with Crippen molar-refractivity contribution in [3.05, 3.63) is 66.2 Å². The standard InChI is InChI=1S/C22H27N3O2S/c1-3-8-25(9-4-2)21(26)15-20-17-28-22(23-20)19-7-5-6-18(14-19)16-24-10-12-27-13-11-24/h3-7,14,17H,1-2,8-13,15-16H2. The van der Waals surface area contributed by atoms with E-state index in [1.807, 2.05) is 5.38 Å². The van der Waals surface area contributed by atoms with E-state index in [1.165, 1.54) is 5.56 Å². The molecule has 0 spiro atoms. The Balaban J connectivity index is 1.66. The van der Waals surface area contributed by atoms with Gasteiger partial charge in [-0.1, -0.05) is 30.4 Å². The summed E-state index contributed by atoms with van der Waals surface area (Å²) in [5.41, 5.74) is 3.18. The average molecular weight is 398 g/mol. The number of aromatic nitrogens is 1. The Hall–Kier alpha value is -2.28. The SMILES string of the molecule is C=CCN(CC=C)C(=O)Cc1csc(-c2cccc(CN3CCOCC3)c2)n1. The lowest BCUT2D eigenvalue weighted by atomic mass is 10.1. The molecule has 0 unspecified atom stereocenters. The summed E-state index contributed by atoms with van der Waals surface area (Å²) in [6, 6.07) is 8.50. The van der Waals surface area contributed by atoms with E-state index in [9.17, 15) is 4.79 Å². The molecule has 1 aliphatic rings. The molecule has 1 aromatic heterocycles. The first-order chi connectivity index (χ1) is 13.7. The zero-order valence-electron chi connectivity index (χ0n) is 16.2. The molecule has 0 saturated carbocycles. The predicted molar refractivity (Wildman–Crippen MR) is 114 cm³/mol. The summed E-state index contributed by atoms with van der Waals surface area (Å²) in [4.78, 5) is 21.3. The van der Waals surface area contributed by atoms with Gasteiger partial charge in [-0.15, -0.1) is 24.5 Å². The fraction of sp³-hybridized carbons (Fsp3) is 0.364. The first kappa shape index (κ1) is 20.5. The highest BCUT2D eigenvalue weighted by Crippen LogP contribution is 2.25. The molecule has 0 aliphatic carbocycles. The second-order valence-electron chi connectivity index (χ2n) is 6.79. The topological polar surface area (TPSA) is 45.7 Å². The zero-order chi connectivity index (χ0) is 19.8. The Bertz CT molecular complexity index is 802. The van der Waals surface area contributed by atoms with E-state index < -0.39 is 0 Å². The van der Waals surface area contributed by atoms with Crippen molar-refractivity contribution in [1.29, 1.82) is 0 Å². The number of hydrogen-bond acceptors (Lipinski definition) is 5. The molecule has 0 atom stereocenters. The second-order valence-corrected chi connectivity index (χ2v) is 7.64. The van der Waals surface area contributed by atoms with Crippen molar-refractivity contribution in [2.45, 2.75) is 13.0 Å². The largest absolute Gasteiger partial charge is 0.379 e. The van der Waals surface area contributed by atoms with E-state index in [0.717, 1.165) is 49.1 Å². The molecule has 2 aromatic rings. The number of ether oxygens (including phenoxy) is 1. The summed E-state index contributed by atoms with van der Waals surface area (Å²) in [6.45, 7) is 12.9. The summed E-state index contributed by atoms with van der Waals surface area (Å²) >= 11 is 1.58. The van der Waals surface area contributed by atoms with E-state index in [0.29, 0.717) is 19.5 Å². The van der Waals surface area contributed by atoms with Crippen LogP contribution < -0.4 is 0 Å². The van der Waals surface area contributed by atoms with Gasteiger partial charge in [-0.3, -0.25) is 9.69 Å². The third-order valence-electron chi connectivity index (χ3n) is 4.62. The summed E-state index contributed by atoms with van der Waals surface area (Å²) < 4.78 is 5.42. The fourth-order valence-electron chi connectivity index (χ4n) is 3.20. The van der Waals surface area contributed by atoms with Crippen LogP contribution in [0.4, 0.5) is 0 Å². The maximum atomic E-state index is 12.5. The van der Waals surface area contributed by atoms with E-state index in [4.69, 9.17) is 9.72 Å². The molecule has 2 heterocycles. The number of thiazole rings is 1. The van der Waals surface area contributed by atoms with Crippen molar-refractivity contribution in [1.82, 2.24) is 14.8 Å². The second kappa shape index (κ2) is 10.3. The molecule has 1 amide bonds. The maximum absolute atomic E-state index is 12.5. The molecule has 6 heteroatoms. The number of benzene rings is 1. The Morgan fingerprint density at radius 2 is 2.00 bits per heavy atom. The first-order valence-corrected chi connectivity index (χ1v) is 10.4. The van der Waals surface area contributed by atoms with Crippen LogP contribution in [0.5, 0.6) is 0 Å². The van der Waals surface area contributed by atoms with Gasteiger partial charge >= 0.3 is 0 Å². The lowest BCUT2D eigenvalue weighted by Gasteiger charge is -2.26. The van der Waals surface area contributed by atoms with Crippen molar-refractivity contribution in [2.24, 2.45) is 0 Å². The summed E-state index contributed by atoms with van der Waals surface area (Å²) in [5, 5.41) is 2.92. The lowest BCUT2D eigenvalue weighted by Crippen LogP contribution is -2.35. The van der Waals surface area contributed by atoms with Gasteiger partial charge in [0.15, 0.2) is 0 Å². The van der Waals surface area contributed by atoms with Crippen LogP contribution in [-0.2, 0) is 22.5 Å². The van der Waals surface area contributed by atoms with Crippen LogP contribution in [0.15, 0.2) is 55.0 Å². The normalized spacial score (nSPS) is 14.6. The zero-order valence-corrected chi connectivity index (χ0v) is 17.0. The molecular formula is C22H27N3O2S. The summed E-state index contributed by atoms with van der Waals surface area (Å²) in [7, 11) is 0. The molecule has 0 radical (unpaired) electrons. The number of hydrogen-bond donors (Lipinski definition) is 0. The molecule has 1 aromatic carbocycles. The van der Waals surface area contributed by atoms with Crippen molar-refractivity contribution in [3.8, 4) is 10.6 Å². The van der Waals surface area contributed by atoms with Crippen LogP contribution in [0.3, 0.4) is 0 Å². The van der Waals surface area contributed by atoms with Crippen LogP contribution in [0.2, 0.25) is 0 Å². The minimum Gasteiger partial charge on any atom is -0.379 e. The van der Waals surface area contributed by atoms with Crippen molar-refractivity contribution >= 4 is 17.2 Å². The molecule has 0 N–H and O–H groups in total. The van der Waals surface area contributed by atoms with Crippen molar-refractivity contribution in [3.63, 3.8) is 0 Å². The molecular weight excluding hydrogens is 370 g/mol. The highest BCUT2D eigenvalue weighted by atomic mass is 32.1. The maximum Gasteiger partial charge on any atom is 0.229 e. The quantitative estimate of drug-likeness (QED) is 0.609. The molecule has 1 fully saturated rings. The van der Waals surface area contributed by atoms with Gasteiger partial charge in [-0.25, -0.2) is 4.98 Å². The van der Waals surface area contributed by atoms with E-state index in [1.54, 1.807) is 28.4 Å². The van der Waals surface area contributed by atoms with Gasteiger partial charge in [0.2, 0.25) is 5.91 Å². The average Bonchev–Trinajstić information content (AvgIpc) is 3.17. The predicted octanol–water partition coefficient (Wildman–Crippen LogP) is 3.39. The minimum absolute atomic E-state index is 0.0396. The van der Waals surface area contributed by atoms with Crippen LogP contribution in [0, 0.1) is 0 Å². The number of morpholine rings is 1. The molecule has 1 saturated heterocycles. The Morgan fingerprint density at radius 3 is 2.71 bits per heavy atom. The fourth-order valence-corrected chi connectivity index (χ4v) is 4.01. The number of carbonyl (C=O) groups is 1. The number of nitrogens with zero attached hydrogens (tertiary/aromatic N) is 3. The third-order valence-corrected chi connectivity index (χ3v) is 5.56. The van der Waals surface area contributed by atoms with Crippen LogP contribution >= 0.6 is 11.3 Å². The molecule has 28 heavy (non-hydrogen) atoms. The molecule has 0 bridgehead atoms. The van der Waals surface area contributed by atoms with Gasteiger partial charge in [0.25, 0.3) is 0 Å². The van der Waals surface area contributed by atoms with Gasteiger partial charge in [-0.2, -0.15) is 0 Å². The molecule has 148 valence electrons. The van der Waals surface area contributed by atoms with Gasteiger partial charge in [0.05, 0.1) is 25.3 Å². The Morgan fingerprint density at radius 1 is 1.25 bits per heavy atom. The van der Waals surface area contributed by atoms with Crippen LogP contribution in [0.1, 0.15) is 11.3 Å². The van der Waals surface area contributed by atoms with E-state index in [2.05, 4.69) is 42.3 Å². The van der Waals surface area contributed by atoms with E-state index in [-0.39, 0.29) is 5.91 Å².